The highest BCUT2D eigenvalue weighted by Gasteiger charge is 2.61. The average Bonchev–Trinajstić information content (AvgIpc) is 2.68. The second-order valence-electron chi connectivity index (χ2n) is 8.32. The molecule has 3 atom stereocenters. The number of carbonyl (C=O) groups is 3. The van der Waals surface area contributed by atoms with Crippen molar-refractivity contribution in [1.82, 2.24) is 0 Å². The molecule has 0 aliphatic heterocycles. The molecule has 0 saturated carbocycles. The third kappa shape index (κ3) is 2.21. The summed E-state index contributed by atoms with van der Waals surface area (Å²) in [6, 6.07) is 3.42. The molecule has 3 unspecified atom stereocenters. The molecule has 7 heteroatoms. The van der Waals surface area contributed by atoms with E-state index in [9.17, 15) is 34.8 Å². The number of hydrogen-bond acceptors (Lipinski definition) is 7. The number of phenols is 2. The Hall–Kier alpha value is -3.19. The van der Waals surface area contributed by atoms with E-state index in [1.807, 2.05) is 0 Å². The summed E-state index contributed by atoms with van der Waals surface area (Å²) >= 11 is 0. The zero-order chi connectivity index (χ0) is 22.3. The molecule has 0 amide bonds. The summed E-state index contributed by atoms with van der Waals surface area (Å²) in [5.41, 5.74) is -1.84. The van der Waals surface area contributed by atoms with Gasteiger partial charge in [0.05, 0.1) is 10.9 Å². The van der Waals surface area contributed by atoms with E-state index in [1.54, 1.807) is 32.9 Å². The van der Waals surface area contributed by atoms with Gasteiger partial charge in [-0.05, 0) is 49.3 Å². The molecule has 0 saturated heterocycles. The van der Waals surface area contributed by atoms with Gasteiger partial charge in [0.15, 0.2) is 11.4 Å². The lowest BCUT2D eigenvalue weighted by Gasteiger charge is -2.45. The molecular weight excluding hydrogens is 388 g/mol. The largest absolute Gasteiger partial charge is 0.511 e. The Kier molecular flexibility index (Phi) is 4.12. The van der Waals surface area contributed by atoms with Crippen molar-refractivity contribution >= 4 is 28.1 Å². The van der Waals surface area contributed by atoms with Gasteiger partial charge in [-0.25, -0.2) is 0 Å². The monoisotopic (exact) mass is 410 g/mol. The summed E-state index contributed by atoms with van der Waals surface area (Å²) in [6.45, 7) is 6.01. The quantitative estimate of drug-likeness (QED) is 0.420. The van der Waals surface area contributed by atoms with Gasteiger partial charge < -0.3 is 20.4 Å². The maximum Gasteiger partial charge on any atom is 0.209 e. The molecule has 0 fully saturated rings. The minimum Gasteiger partial charge on any atom is -0.511 e. The number of carbonyl (C=O) groups excluding carboxylic acids is 3. The molecule has 0 spiro atoms. The summed E-state index contributed by atoms with van der Waals surface area (Å²) in [7, 11) is 0. The number of aromatic hydroxyl groups is 2. The third-order valence-corrected chi connectivity index (χ3v) is 6.76. The van der Waals surface area contributed by atoms with Crippen LogP contribution in [0.5, 0.6) is 11.5 Å². The number of rotatable bonds is 1. The number of aryl methyl sites for hydroxylation is 2. The van der Waals surface area contributed by atoms with E-state index in [4.69, 9.17) is 0 Å². The number of benzene rings is 2. The predicted molar refractivity (Wildman–Crippen MR) is 108 cm³/mol. The van der Waals surface area contributed by atoms with Crippen LogP contribution in [0.1, 0.15) is 40.9 Å². The lowest BCUT2D eigenvalue weighted by Crippen LogP contribution is -2.61. The first kappa shape index (κ1) is 20.1. The van der Waals surface area contributed by atoms with Crippen LogP contribution >= 0.6 is 0 Å². The van der Waals surface area contributed by atoms with Crippen molar-refractivity contribution in [1.29, 1.82) is 0 Å². The number of phenolic OH excluding ortho intramolecular Hbond substituents is 2. The zero-order valence-electron chi connectivity index (χ0n) is 17.0. The van der Waals surface area contributed by atoms with Crippen molar-refractivity contribution in [2.45, 2.75) is 39.7 Å². The summed E-state index contributed by atoms with van der Waals surface area (Å²) in [6.07, 6.45) is 0.0314. The van der Waals surface area contributed by atoms with Crippen molar-refractivity contribution in [2.75, 3.05) is 0 Å². The fourth-order valence-corrected chi connectivity index (χ4v) is 4.97. The molecule has 2 aromatic carbocycles. The molecule has 2 aromatic rings. The van der Waals surface area contributed by atoms with Gasteiger partial charge in [0.25, 0.3) is 0 Å². The molecular formula is C23H22O7. The van der Waals surface area contributed by atoms with Crippen LogP contribution in [0.4, 0.5) is 0 Å². The summed E-state index contributed by atoms with van der Waals surface area (Å²) < 4.78 is 0. The number of hydrogen-bond donors (Lipinski definition) is 4. The van der Waals surface area contributed by atoms with Crippen LogP contribution in [0.3, 0.4) is 0 Å². The number of aliphatic hydroxyl groups excluding tert-OH is 1. The van der Waals surface area contributed by atoms with Crippen LogP contribution in [0.15, 0.2) is 23.5 Å². The van der Waals surface area contributed by atoms with Gasteiger partial charge in [0.1, 0.15) is 22.8 Å². The fourth-order valence-electron chi connectivity index (χ4n) is 4.97. The molecule has 2 aliphatic carbocycles. The highest BCUT2D eigenvalue weighted by atomic mass is 16.3. The van der Waals surface area contributed by atoms with Crippen LogP contribution in [0.25, 0.3) is 10.8 Å². The van der Waals surface area contributed by atoms with E-state index in [2.05, 4.69) is 0 Å². The molecule has 0 aromatic heterocycles. The van der Waals surface area contributed by atoms with Crippen molar-refractivity contribution in [3.05, 3.63) is 45.7 Å². The second-order valence-corrected chi connectivity index (χ2v) is 8.32. The topological polar surface area (TPSA) is 132 Å². The summed E-state index contributed by atoms with van der Waals surface area (Å²) in [5.74, 6) is -5.89. The molecule has 4 rings (SSSR count). The van der Waals surface area contributed by atoms with Crippen molar-refractivity contribution in [3.63, 3.8) is 0 Å². The first-order valence-corrected chi connectivity index (χ1v) is 9.67. The first-order valence-electron chi connectivity index (χ1n) is 9.67. The molecule has 156 valence electrons. The Morgan fingerprint density at radius 3 is 2.30 bits per heavy atom. The SMILES string of the molecule is CC(=O)C1=C(O)C(C)C2Cc3c(c(O)c4c(O)c(C)ccc4c3C)C(=O)C2(O)C1=O. The van der Waals surface area contributed by atoms with E-state index >= 15 is 0 Å². The number of Topliss-reactive ketones (excluding diaryl/α,β-unsaturated/α-hetero) is 3. The molecule has 0 heterocycles. The van der Waals surface area contributed by atoms with Crippen LogP contribution in [-0.2, 0) is 16.0 Å². The second kappa shape index (κ2) is 6.15. The van der Waals surface area contributed by atoms with Gasteiger partial charge in [-0.1, -0.05) is 19.1 Å². The normalized spacial score (nSPS) is 26.0. The zero-order valence-corrected chi connectivity index (χ0v) is 17.0. The summed E-state index contributed by atoms with van der Waals surface area (Å²) in [5, 5.41) is 43.9. The maximum absolute atomic E-state index is 13.5. The Morgan fingerprint density at radius 1 is 1.07 bits per heavy atom. The van der Waals surface area contributed by atoms with Crippen molar-refractivity contribution < 1.29 is 34.8 Å². The summed E-state index contributed by atoms with van der Waals surface area (Å²) in [4.78, 5) is 38.5. The highest BCUT2D eigenvalue weighted by molar-refractivity contribution is 6.33. The number of allylic oxidation sites excluding steroid dienone is 1. The van der Waals surface area contributed by atoms with Gasteiger partial charge in [-0.2, -0.15) is 0 Å². The number of fused-ring (bicyclic) bond motifs is 3. The van der Waals surface area contributed by atoms with Crippen LogP contribution in [0.2, 0.25) is 0 Å². The lowest BCUT2D eigenvalue weighted by molar-refractivity contribution is -0.139. The molecule has 0 bridgehead atoms. The molecule has 4 N–H and O–H groups in total. The fraction of sp³-hybridized carbons (Fsp3) is 0.348. The number of ketones is 3. The minimum absolute atomic E-state index is 0.0314. The Labute approximate surface area is 172 Å². The van der Waals surface area contributed by atoms with Crippen LogP contribution in [-0.4, -0.2) is 43.4 Å². The molecule has 2 aliphatic rings. The van der Waals surface area contributed by atoms with E-state index < -0.39 is 51.9 Å². The van der Waals surface area contributed by atoms with Crippen LogP contribution < -0.4 is 0 Å². The molecule has 0 radical (unpaired) electrons. The lowest BCUT2D eigenvalue weighted by atomic mass is 9.59. The van der Waals surface area contributed by atoms with E-state index in [-0.39, 0.29) is 23.1 Å². The predicted octanol–water partition coefficient (Wildman–Crippen LogP) is 2.57. The average molecular weight is 410 g/mol. The number of aliphatic hydroxyl groups is 2. The standard InChI is InChI=1S/C23H22O7/c1-8-5-6-12-9(2)13-7-14-10(3)19(26)15(11(4)24)21(28)23(14,30)22(29)17(13)20(27)16(12)18(8)25/h5-6,10,14,25-27,30H,7H2,1-4H3. The maximum atomic E-state index is 13.5. The van der Waals surface area contributed by atoms with E-state index in [1.165, 1.54) is 0 Å². The highest BCUT2D eigenvalue weighted by Crippen LogP contribution is 2.51. The Bertz CT molecular complexity index is 1220. The van der Waals surface area contributed by atoms with Gasteiger partial charge in [-0.3, -0.25) is 14.4 Å². The minimum atomic E-state index is -2.59. The van der Waals surface area contributed by atoms with Gasteiger partial charge in [-0.15, -0.1) is 0 Å². The Balaban J connectivity index is 2.07. The first-order chi connectivity index (χ1) is 13.9. The van der Waals surface area contributed by atoms with Crippen molar-refractivity contribution in [3.8, 4) is 11.5 Å². The smallest absolute Gasteiger partial charge is 0.209 e. The third-order valence-electron chi connectivity index (χ3n) is 6.76. The van der Waals surface area contributed by atoms with Crippen LogP contribution in [0, 0.1) is 25.7 Å². The van der Waals surface area contributed by atoms with Gasteiger partial charge in [0.2, 0.25) is 11.6 Å². The Morgan fingerprint density at radius 2 is 1.70 bits per heavy atom. The van der Waals surface area contributed by atoms with Crippen molar-refractivity contribution in [2.24, 2.45) is 11.8 Å². The van der Waals surface area contributed by atoms with Gasteiger partial charge in [0, 0.05) is 11.8 Å². The van der Waals surface area contributed by atoms with E-state index in [0.29, 0.717) is 22.1 Å². The van der Waals surface area contributed by atoms with E-state index in [0.717, 1.165) is 6.92 Å². The molecule has 7 nitrogen and oxygen atoms in total. The van der Waals surface area contributed by atoms with Gasteiger partial charge >= 0.3 is 0 Å². The molecule has 30 heavy (non-hydrogen) atoms.